The van der Waals surface area contributed by atoms with Crippen molar-refractivity contribution in [1.29, 1.82) is 0 Å². The van der Waals surface area contributed by atoms with Gasteiger partial charge in [0, 0.05) is 0 Å². The van der Waals surface area contributed by atoms with E-state index in [0.29, 0.717) is 17.3 Å². The maximum atomic E-state index is 10.3. The van der Waals surface area contributed by atoms with Gasteiger partial charge >= 0.3 is 0 Å². The summed E-state index contributed by atoms with van der Waals surface area (Å²) in [6, 6.07) is 0. The molecule has 122 valence electrons. The first-order valence-electron chi connectivity index (χ1n) is 6.76. The topological polar surface area (TPSA) is 109 Å². The van der Waals surface area contributed by atoms with Crippen molar-refractivity contribution in [3.63, 3.8) is 0 Å². The lowest BCUT2D eigenvalue weighted by Gasteiger charge is -2.24. The summed E-state index contributed by atoms with van der Waals surface area (Å²) in [7, 11) is 0.101. The monoisotopic (exact) mass is 392 g/mol. The lowest BCUT2D eigenvalue weighted by atomic mass is 10.1. The largest absolute Gasteiger partial charge is 0.387 e. The van der Waals surface area contributed by atoms with Crippen LogP contribution in [-0.4, -0.2) is 66.6 Å². The first-order chi connectivity index (χ1) is 10.4. The minimum absolute atomic E-state index is 0.101. The summed E-state index contributed by atoms with van der Waals surface area (Å²) >= 11 is 3.26. The van der Waals surface area contributed by atoms with Gasteiger partial charge in [0.05, 0.1) is 35.0 Å². The zero-order valence-electron chi connectivity index (χ0n) is 12.2. The first-order valence-corrected chi connectivity index (χ1v) is 9.68. The highest BCUT2D eigenvalue weighted by molar-refractivity contribution is 9.07. The van der Waals surface area contributed by atoms with E-state index in [1.807, 2.05) is 0 Å². The van der Waals surface area contributed by atoms with E-state index in [4.69, 9.17) is 10.5 Å². The lowest BCUT2D eigenvalue weighted by molar-refractivity contribution is -0.0302. The third kappa shape index (κ3) is 2.68. The predicted octanol–water partition coefficient (Wildman–Crippen LogP) is -0.377. The molecule has 10 heteroatoms. The first kappa shape index (κ1) is 16.2. The van der Waals surface area contributed by atoms with E-state index in [9.17, 15) is 10.2 Å². The van der Waals surface area contributed by atoms with E-state index in [2.05, 4.69) is 38.6 Å². The predicted molar refractivity (Wildman–Crippen MR) is 88.1 cm³/mol. The minimum Gasteiger partial charge on any atom is -0.387 e. The SMILES string of the molecule is C[S+](C)C[C@H]1O[C@@H](n2cnc3c2N=CN(Br)C3N)C(O)C1O. The molecule has 0 bridgehead atoms. The second kappa shape index (κ2) is 6.10. The summed E-state index contributed by atoms with van der Waals surface area (Å²) in [5, 5.41) is 20.5. The second-order valence-corrected chi connectivity index (χ2v) is 8.72. The van der Waals surface area contributed by atoms with E-state index in [1.165, 1.54) is 12.7 Å². The number of imidazole rings is 1. The van der Waals surface area contributed by atoms with Gasteiger partial charge in [0.15, 0.2) is 12.0 Å². The molecule has 1 saturated heterocycles. The number of nitrogens with two attached hydrogens (primary N) is 1. The summed E-state index contributed by atoms with van der Waals surface area (Å²) < 4.78 is 9.05. The third-order valence-electron chi connectivity index (χ3n) is 3.74. The van der Waals surface area contributed by atoms with Gasteiger partial charge in [-0.1, -0.05) is 0 Å². The molecule has 2 aliphatic rings. The zero-order valence-corrected chi connectivity index (χ0v) is 14.6. The van der Waals surface area contributed by atoms with E-state index in [0.717, 1.165) is 0 Å². The quantitative estimate of drug-likeness (QED) is 0.477. The summed E-state index contributed by atoms with van der Waals surface area (Å²) in [5.74, 6) is 1.23. The second-order valence-electron chi connectivity index (χ2n) is 5.59. The van der Waals surface area contributed by atoms with E-state index in [-0.39, 0.29) is 10.9 Å². The molecule has 0 saturated carbocycles. The van der Waals surface area contributed by atoms with E-state index >= 15 is 0 Å². The standard InChI is InChI=1S/C12H19BrN5O3S/c1-22(2)3-6-8(19)9(20)12(21-6)17-4-15-7-10(14)18(13)5-16-11(7)17/h4-6,8-10,12,19-20H,3,14H2,1-2H3/q+1/t6-,8?,9?,10?,12-/m1/s1. The van der Waals surface area contributed by atoms with Crippen molar-refractivity contribution in [3.05, 3.63) is 12.0 Å². The molecular weight excluding hydrogens is 374 g/mol. The van der Waals surface area contributed by atoms with Gasteiger partial charge in [-0.05, 0) is 10.9 Å². The van der Waals surface area contributed by atoms with Crippen LogP contribution in [0.4, 0.5) is 5.82 Å². The Labute approximate surface area is 139 Å². The van der Waals surface area contributed by atoms with Gasteiger partial charge in [-0.2, -0.15) is 0 Å². The van der Waals surface area contributed by atoms with Crippen LogP contribution in [0.2, 0.25) is 0 Å². The molecule has 0 spiro atoms. The molecule has 0 aliphatic carbocycles. The van der Waals surface area contributed by atoms with Gasteiger partial charge in [-0.25, -0.2) is 9.98 Å². The number of ether oxygens (including phenoxy) is 1. The zero-order chi connectivity index (χ0) is 16.0. The summed E-state index contributed by atoms with van der Waals surface area (Å²) in [6.07, 6.45) is 3.68. The number of hydrogen-bond acceptors (Lipinski definition) is 7. The summed E-state index contributed by atoms with van der Waals surface area (Å²) in [4.78, 5) is 8.54. The number of fused-ring (bicyclic) bond motifs is 1. The number of aliphatic hydroxyl groups is 2. The molecule has 22 heavy (non-hydrogen) atoms. The molecule has 0 aromatic carbocycles. The molecule has 8 nitrogen and oxygen atoms in total. The van der Waals surface area contributed by atoms with Gasteiger partial charge in [0.25, 0.3) is 0 Å². The Balaban J connectivity index is 1.88. The molecule has 0 radical (unpaired) electrons. The number of aliphatic hydroxyl groups excluding tert-OH is 2. The van der Waals surface area contributed by atoms with Gasteiger partial charge in [0.1, 0.15) is 42.3 Å². The fourth-order valence-corrected chi connectivity index (χ4v) is 3.84. The van der Waals surface area contributed by atoms with Crippen molar-refractivity contribution in [1.82, 2.24) is 13.5 Å². The summed E-state index contributed by atoms with van der Waals surface area (Å²) in [5.41, 5.74) is 6.60. The maximum Gasteiger partial charge on any atom is 0.165 e. The molecule has 5 atom stereocenters. The molecule has 2 aliphatic heterocycles. The van der Waals surface area contributed by atoms with Crippen LogP contribution in [0.1, 0.15) is 18.1 Å². The fourth-order valence-electron chi connectivity index (χ4n) is 2.62. The Morgan fingerprint density at radius 2 is 2.14 bits per heavy atom. The Morgan fingerprint density at radius 3 is 2.82 bits per heavy atom. The number of rotatable bonds is 3. The molecule has 3 rings (SSSR count). The van der Waals surface area contributed by atoms with Crippen LogP contribution in [0, 0.1) is 0 Å². The van der Waals surface area contributed by atoms with Crippen molar-refractivity contribution in [2.24, 2.45) is 10.7 Å². The highest BCUT2D eigenvalue weighted by atomic mass is 79.9. The Kier molecular flexibility index (Phi) is 4.49. The van der Waals surface area contributed by atoms with Gasteiger partial charge in [0.2, 0.25) is 0 Å². The highest BCUT2D eigenvalue weighted by Crippen LogP contribution is 2.37. The number of nitrogens with zero attached hydrogens (tertiary/aromatic N) is 4. The molecule has 4 N–H and O–H groups in total. The molecule has 1 aromatic heterocycles. The molecule has 1 aromatic rings. The van der Waals surface area contributed by atoms with E-state index in [1.54, 1.807) is 8.49 Å². The Hall–Kier alpha value is -0.650. The normalized spacial score (nSPS) is 34.5. The third-order valence-corrected chi connectivity index (χ3v) is 5.36. The molecule has 1 fully saturated rings. The fraction of sp³-hybridized carbons (Fsp3) is 0.667. The molecule has 3 unspecified atom stereocenters. The lowest BCUT2D eigenvalue weighted by Crippen LogP contribution is -2.35. The number of halogens is 1. The van der Waals surface area contributed by atoms with Crippen molar-refractivity contribution >= 4 is 39.2 Å². The van der Waals surface area contributed by atoms with Crippen molar-refractivity contribution in [3.8, 4) is 0 Å². The average Bonchev–Trinajstić information content (AvgIpc) is 2.99. The van der Waals surface area contributed by atoms with Crippen LogP contribution >= 0.6 is 16.1 Å². The minimum atomic E-state index is -1.03. The van der Waals surface area contributed by atoms with Crippen LogP contribution < -0.4 is 5.73 Å². The van der Waals surface area contributed by atoms with Crippen LogP contribution in [0.5, 0.6) is 0 Å². The van der Waals surface area contributed by atoms with Gasteiger partial charge in [-0.3, -0.25) is 8.49 Å². The van der Waals surface area contributed by atoms with Crippen LogP contribution in [0.3, 0.4) is 0 Å². The van der Waals surface area contributed by atoms with Gasteiger partial charge < -0.3 is 20.7 Å². The molecule has 3 heterocycles. The number of aliphatic imine (C=N–C) groups is 1. The average molecular weight is 393 g/mol. The van der Waals surface area contributed by atoms with Crippen LogP contribution in [-0.2, 0) is 15.6 Å². The maximum absolute atomic E-state index is 10.3. The molecular formula is C12H19BrN5O3S+. The Morgan fingerprint density at radius 1 is 1.41 bits per heavy atom. The van der Waals surface area contributed by atoms with Crippen LogP contribution in [0.25, 0.3) is 0 Å². The highest BCUT2D eigenvalue weighted by Gasteiger charge is 2.46. The number of hydrogen-bond donors (Lipinski definition) is 3. The molecule has 0 amide bonds. The van der Waals surface area contributed by atoms with Crippen LogP contribution in [0.15, 0.2) is 11.3 Å². The summed E-state index contributed by atoms with van der Waals surface area (Å²) in [6.45, 7) is 0. The van der Waals surface area contributed by atoms with Crippen molar-refractivity contribution in [2.75, 3.05) is 18.3 Å². The number of aromatic nitrogens is 2. The van der Waals surface area contributed by atoms with Crippen molar-refractivity contribution in [2.45, 2.75) is 30.7 Å². The van der Waals surface area contributed by atoms with E-state index < -0.39 is 30.7 Å². The van der Waals surface area contributed by atoms with Gasteiger partial charge in [-0.15, -0.1) is 0 Å². The smallest absolute Gasteiger partial charge is 0.165 e. The van der Waals surface area contributed by atoms with Crippen molar-refractivity contribution < 1.29 is 14.9 Å². The Bertz CT molecular complexity index is 583.